The number of nitrogens with one attached hydrogen (secondary N) is 1. The Kier molecular flexibility index (Phi) is 4.09. The van der Waals surface area contributed by atoms with Crippen molar-refractivity contribution in [1.29, 1.82) is 0 Å². The monoisotopic (exact) mass is 344 g/mol. The molecule has 1 N–H and O–H groups in total. The average molecular weight is 344 g/mol. The van der Waals surface area contributed by atoms with Crippen LogP contribution in [-0.2, 0) is 6.42 Å². The predicted molar refractivity (Wildman–Crippen MR) is 90.0 cm³/mol. The van der Waals surface area contributed by atoms with Crippen molar-refractivity contribution in [3.63, 3.8) is 0 Å². The lowest BCUT2D eigenvalue weighted by atomic mass is 10.2. The average Bonchev–Trinajstić information content (AvgIpc) is 3.01. The summed E-state index contributed by atoms with van der Waals surface area (Å²) in [6.45, 7) is 1.98. The number of fused-ring (bicyclic) bond motifs is 1. The molecular formula is C15H12N4O4S. The van der Waals surface area contributed by atoms with Gasteiger partial charge in [0.2, 0.25) is 0 Å². The largest absolute Gasteiger partial charge is 0.280 e. The molecule has 0 atom stereocenters. The van der Waals surface area contributed by atoms with E-state index in [9.17, 15) is 19.7 Å². The van der Waals surface area contributed by atoms with Crippen molar-refractivity contribution in [2.24, 2.45) is 0 Å². The highest BCUT2D eigenvalue weighted by Crippen LogP contribution is 2.20. The maximum absolute atomic E-state index is 12.4. The van der Waals surface area contributed by atoms with Gasteiger partial charge in [-0.25, -0.2) is 9.66 Å². The van der Waals surface area contributed by atoms with Crippen molar-refractivity contribution in [2.45, 2.75) is 13.3 Å². The molecule has 0 saturated carbocycles. The molecule has 0 aliphatic carbocycles. The van der Waals surface area contributed by atoms with Crippen LogP contribution in [0.3, 0.4) is 0 Å². The molecule has 0 fully saturated rings. The SMILES string of the molecule is CCc1cc2c(=O)n(NC(=O)c3cccc([N+](=O)[O-])c3)cnc2s1. The molecule has 0 aliphatic rings. The fraction of sp³-hybridized carbons (Fsp3) is 0.133. The Hall–Kier alpha value is -3.07. The van der Waals surface area contributed by atoms with E-state index in [-0.39, 0.29) is 11.3 Å². The fourth-order valence-electron chi connectivity index (χ4n) is 2.16. The van der Waals surface area contributed by atoms with Crippen LogP contribution in [0.2, 0.25) is 0 Å². The first-order valence-corrected chi connectivity index (χ1v) is 7.87. The number of carbonyl (C=O) groups is 1. The molecule has 3 rings (SSSR count). The minimum Gasteiger partial charge on any atom is -0.267 e. The van der Waals surface area contributed by atoms with E-state index in [1.165, 1.54) is 35.9 Å². The van der Waals surface area contributed by atoms with Gasteiger partial charge in [0.05, 0.1) is 10.3 Å². The molecule has 0 aliphatic heterocycles. The third-order valence-electron chi connectivity index (χ3n) is 3.39. The number of aromatic nitrogens is 2. The number of nitro groups is 1. The van der Waals surface area contributed by atoms with Gasteiger partial charge < -0.3 is 0 Å². The van der Waals surface area contributed by atoms with E-state index >= 15 is 0 Å². The van der Waals surface area contributed by atoms with Crippen molar-refractivity contribution in [3.8, 4) is 0 Å². The smallest absolute Gasteiger partial charge is 0.267 e. The number of benzene rings is 1. The molecule has 0 radical (unpaired) electrons. The molecule has 2 heterocycles. The molecule has 24 heavy (non-hydrogen) atoms. The maximum Gasteiger partial charge on any atom is 0.280 e. The standard InChI is InChI=1S/C15H12N4O4S/c1-2-11-7-12-14(24-11)16-8-18(15(12)21)17-13(20)9-4-3-5-10(6-9)19(22)23/h3-8H,2H2,1H3,(H,17,20). The number of nitro benzene ring substituents is 1. The number of thiophene rings is 1. The second kappa shape index (κ2) is 6.20. The lowest BCUT2D eigenvalue weighted by Crippen LogP contribution is -2.33. The first-order valence-electron chi connectivity index (χ1n) is 7.05. The number of aryl methyl sites for hydroxylation is 1. The minimum atomic E-state index is -0.632. The molecule has 0 unspecified atom stereocenters. The van der Waals surface area contributed by atoms with Gasteiger partial charge in [0, 0.05) is 22.6 Å². The summed E-state index contributed by atoms with van der Waals surface area (Å²) in [6.07, 6.45) is 2.02. The Morgan fingerprint density at radius 3 is 2.92 bits per heavy atom. The Labute approximate surface area is 139 Å². The predicted octanol–water partition coefficient (Wildman–Crippen LogP) is 2.31. The zero-order valence-corrected chi connectivity index (χ0v) is 13.4. The molecular weight excluding hydrogens is 332 g/mol. The van der Waals surface area contributed by atoms with Crippen molar-refractivity contribution >= 4 is 33.1 Å². The molecule has 0 spiro atoms. The van der Waals surface area contributed by atoms with Gasteiger partial charge in [-0.15, -0.1) is 11.3 Å². The van der Waals surface area contributed by atoms with Crippen LogP contribution in [0, 0.1) is 10.1 Å². The maximum atomic E-state index is 12.4. The molecule has 1 aromatic carbocycles. The second-order valence-electron chi connectivity index (χ2n) is 4.95. The van der Waals surface area contributed by atoms with Gasteiger partial charge in [-0.3, -0.25) is 25.1 Å². The van der Waals surface area contributed by atoms with Crippen LogP contribution in [0.15, 0.2) is 41.5 Å². The van der Waals surface area contributed by atoms with Crippen LogP contribution in [0.25, 0.3) is 10.2 Å². The van der Waals surface area contributed by atoms with Crippen LogP contribution >= 0.6 is 11.3 Å². The van der Waals surface area contributed by atoms with Crippen molar-refractivity contribution in [1.82, 2.24) is 9.66 Å². The summed E-state index contributed by atoms with van der Waals surface area (Å²) in [4.78, 5) is 40.6. The van der Waals surface area contributed by atoms with Gasteiger partial charge in [-0.1, -0.05) is 13.0 Å². The van der Waals surface area contributed by atoms with Gasteiger partial charge in [0.15, 0.2) is 0 Å². The summed E-state index contributed by atoms with van der Waals surface area (Å²) < 4.78 is 0.982. The molecule has 0 bridgehead atoms. The fourth-order valence-corrected chi connectivity index (χ4v) is 3.09. The van der Waals surface area contributed by atoms with Crippen molar-refractivity contribution in [2.75, 3.05) is 5.43 Å². The number of hydrogen-bond acceptors (Lipinski definition) is 6. The second-order valence-corrected chi connectivity index (χ2v) is 6.07. The molecule has 1 amide bonds. The molecule has 122 valence electrons. The quantitative estimate of drug-likeness (QED) is 0.577. The Morgan fingerprint density at radius 2 is 2.21 bits per heavy atom. The van der Waals surface area contributed by atoms with E-state index in [2.05, 4.69) is 10.4 Å². The molecule has 2 aromatic heterocycles. The lowest BCUT2D eigenvalue weighted by Gasteiger charge is -2.07. The van der Waals surface area contributed by atoms with Gasteiger partial charge in [0.1, 0.15) is 11.2 Å². The number of rotatable bonds is 4. The number of nitrogens with zero attached hydrogens (tertiary/aromatic N) is 3. The normalized spacial score (nSPS) is 10.7. The Morgan fingerprint density at radius 1 is 1.42 bits per heavy atom. The lowest BCUT2D eigenvalue weighted by molar-refractivity contribution is -0.384. The van der Waals surface area contributed by atoms with Gasteiger partial charge in [-0.05, 0) is 18.6 Å². The molecule has 3 aromatic rings. The van der Waals surface area contributed by atoms with Crippen LogP contribution in [0.4, 0.5) is 5.69 Å². The van der Waals surface area contributed by atoms with Crippen molar-refractivity contribution < 1.29 is 9.72 Å². The highest BCUT2D eigenvalue weighted by Gasteiger charge is 2.14. The number of carbonyl (C=O) groups excluding carboxylic acids is 1. The minimum absolute atomic E-state index is 0.0794. The Balaban J connectivity index is 1.93. The summed E-state index contributed by atoms with van der Waals surface area (Å²) in [5, 5.41) is 11.2. The summed E-state index contributed by atoms with van der Waals surface area (Å²) in [5.41, 5.74) is 1.88. The summed E-state index contributed by atoms with van der Waals surface area (Å²) in [6, 6.07) is 7.02. The third-order valence-corrected chi connectivity index (χ3v) is 4.58. The third kappa shape index (κ3) is 2.88. The zero-order chi connectivity index (χ0) is 17.3. The number of non-ortho nitro benzene ring substituents is 1. The highest BCUT2D eigenvalue weighted by molar-refractivity contribution is 7.18. The van der Waals surface area contributed by atoms with Crippen LogP contribution < -0.4 is 11.0 Å². The Bertz CT molecular complexity index is 1010. The van der Waals surface area contributed by atoms with E-state index in [1.807, 2.05) is 6.92 Å². The van der Waals surface area contributed by atoms with E-state index < -0.39 is 16.4 Å². The van der Waals surface area contributed by atoms with E-state index in [0.717, 1.165) is 22.0 Å². The molecule has 9 heteroatoms. The first kappa shape index (κ1) is 15.8. The van der Waals surface area contributed by atoms with Crippen LogP contribution in [-0.4, -0.2) is 20.5 Å². The number of hydrogen-bond donors (Lipinski definition) is 1. The molecule has 0 saturated heterocycles. The molecule has 8 nitrogen and oxygen atoms in total. The summed E-state index contributed by atoms with van der Waals surface area (Å²) in [5.74, 6) is -0.632. The van der Waals surface area contributed by atoms with E-state index in [0.29, 0.717) is 10.2 Å². The zero-order valence-electron chi connectivity index (χ0n) is 12.6. The first-order chi connectivity index (χ1) is 11.5. The van der Waals surface area contributed by atoms with Gasteiger partial charge in [-0.2, -0.15) is 0 Å². The van der Waals surface area contributed by atoms with Crippen LogP contribution in [0.1, 0.15) is 22.2 Å². The highest BCUT2D eigenvalue weighted by atomic mass is 32.1. The van der Waals surface area contributed by atoms with E-state index in [4.69, 9.17) is 0 Å². The van der Waals surface area contributed by atoms with Crippen LogP contribution in [0.5, 0.6) is 0 Å². The van der Waals surface area contributed by atoms with Gasteiger partial charge in [0.25, 0.3) is 17.2 Å². The topological polar surface area (TPSA) is 107 Å². The van der Waals surface area contributed by atoms with E-state index in [1.54, 1.807) is 6.07 Å². The van der Waals surface area contributed by atoms with Gasteiger partial charge >= 0.3 is 0 Å². The van der Waals surface area contributed by atoms with Crippen molar-refractivity contribution in [3.05, 3.63) is 67.6 Å². The number of amides is 1. The summed E-state index contributed by atoms with van der Waals surface area (Å²) >= 11 is 1.43. The summed E-state index contributed by atoms with van der Waals surface area (Å²) in [7, 11) is 0.